The molecule has 1 aromatic rings. The highest BCUT2D eigenvalue weighted by atomic mass is 16.7. The van der Waals surface area contributed by atoms with E-state index in [0.717, 1.165) is 23.1 Å². The Labute approximate surface area is 116 Å². The lowest BCUT2D eigenvalue weighted by atomic mass is 10.0. The smallest absolute Gasteiger partial charge is 0.327 e. The van der Waals surface area contributed by atoms with E-state index in [4.69, 9.17) is 9.47 Å². The summed E-state index contributed by atoms with van der Waals surface area (Å²) < 4.78 is 10.9. The third-order valence-corrected chi connectivity index (χ3v) is 2.40. The van der Waals surface area contributed by atoms with E-state index in [0.29, 0.717) is 19.2 Å². The van der Waals surface area contributed by atoms with E-state index >= 15 is 0 Å². The first-order valence-electron chi connectivity index (χ1n) is 6.62. The summed E-state index contributed by atoms with van der Waals surface area (Å²) in [6.07, 6.45) is 0.758. The van der Waals surface area contributed by atoms with Crippen molar-refractivity contribution in [3.63, 3.8) is 0 Å². The van der Waals surface area contributed by atoms with Crippen LogP contribution >= 0.6 is 0 Å². The topological polar surface area (TPSA) is 18.5 Å². The van der Waals surface area contributed by atoms with Crippen LogP contribution in [0.15, 0.2) is 54.2 Å². The van der Waals surface area contributed by atoms with E-state index in [-0.39, 0.29) is 0 Å². The van der Waals surface area contributed by atoms with Crippen LogP contribution in [0.1, 0.15) is 32.8 Å². The highest BCUT2D eigenvalue weighted by molar-refractivity contribution is 5.66. The van der Waals surface area contributed by atoms with Gasteiger partial charge in [-0.05, 0) is 32.1 Å². The number of hydrogen-bond donors (Lipinski definition) is 0. The molecule has 0 heterocycles. The summed E-state index contributed by atoms with van der Waals surface area (Å²) in [4.78, 5) is 0. The van der Waals surface area contributed by atoms with Crippen LogP contribution < -0.4 is 0 Å². The van der Waals surface area contributed by atoms with Gasteiger partial charge in [0, 0.05) is 12.0 Å². The number of allylic oxidation sites excluding steroid dienone is 2. The molecule has 2 heteroatoms. The van der Waals surface area contributed by atoms with Gasteiger partial charge in [0.05, 0.1) is 13.2 Å². The highest BCUT2D eigenvalue weighted by Crippen LogP contribution is 2.21. The maximum absolute atomic E-state index is 5.45. The van der Waals surface area contributed by atoms with Crippen LogP contribution in [0.5, 0.6) is 0 Å². The predicted molar refractivity (Wildman–Crippen MR) is 79.6 cm³/mol. The summed E-state index contributed by atoms with van der Waals surface area (Å²) in [7, 11) is 0. The van der Waals surface area contributed by atoms with E-state index in [9.17, 15) is 0 Å². The van der Waals surface area contributed by atoms with Gasteiger partial charge < -0.3 is 9.47 Å². The van der Waals surface area contributed by atoms with E-state index in [1.165, 1.54) is 0 Å². The highest BCUT2D eigenvalue weighted by Gasteiger charge is 2.04. The molecule has 0 atom stereocenters. The van der Waals surface area contributed by atoms with Gasteiger partial charge in [-0.15, -0.1) is 0 Å². The molecule has 0 radical (unpaired) electrons. The second kappa shape index (κ2) is 8.23. The van der Waals surface area contributed by atoms with Crippen molar-refractivity contribution < 1.29 is 9.47 Å². The van der Waals surface area contributed by atoms with E-state index < -0.39 is 0 Å². The minimum absolute atomic E-state index is 0.449. The van der Waals surface area contributed by atoms with Crippen molar-refractivity contribution >= 4 is 5.57 Å². The van der Waals surface area contributed by atoms with Crippen LogP contribution in [0.4, 0.5) is 0 Å². The summed E-state index contributed by atoms with van der Waals surface area (Å²) in [5, 5.41) is 0. The Bertz CT molecular complexity index is 457. The van der Waals surface area contributed by atoms with Crippen molar-refractivity contribution in [1.82, 2.24) is 0 Å². The van der Waals surface area contributed by atoms with Crippen LogP contribution in [-0.2, 0) is 9.47 Å². The maximum Gasteiger partial charge on any atom is 0.327 e. The monoisotopic (exact) mass is 258 g/mol. The van der Waals surface area contributed by atoms with Gasteiger partial charge in [0.1, 0.15) is 0 Å². The minimum atomic E-state index is 0.449. The molecular weight excluding hydrogens is 236 g/mol. The molecule has 102 valence electrons. The lowest BCUT2D eigenvalue weighted by Crippen LogP contribution is -1.97. The Kier molecular flexibility index (Phi) is 6.56. The predicted octanol–water partition coefficient (Wildman–Crippen LogP) is 4.55. The standard InChI is InChI=1S/C17H22O2/c1-5-18-17(19-6-2)13-16(12-14(3)4)15-10-8-7-9-11-15/h7-11H,3,5-6,12H2,1-2,4H3. The van der Waals surface area contributed by atoms with E-state index in [2.05, 4.69) is 24.4 Å². The van der Waals surface area contributed by atoms with Gasteiger partial charge in [0.2, 0.25) is 0 Å². The third kappa shape index (κ3) is 5.50. The molecule has 0 bridgehead atoms. The lowest BCUT2D eigenvalue weighted by Gasteiger charge is -2.08. The van der Waals surface area contributed by atoms with Gasteiger partial charge in [-0.25, -0.2) is 0 Å². The SMILES string of the molecule is C=C(C)CC(=C=C(OCC)OCC)c1ccccc1. The van der Waals surface area contributed by atoms with Crippen molar-refractivity contribution in [1.29, 1.82) is 0 Å². The van der Waals surface area contributed by atoms with Crippen molar-refractivity contribution in [3.05, 3.63) is 59.7 Å². The zero-order valence-electron chi connectivity index (χ0n) is 12.0. The summed E-state index contributed by atoms with van der Waals surface area (Å²) >= 11 is 0. The van der Waals surface area contributed by atoms with E-state index in [1.807, 2.05) is 39.0 Å². The second-order valence-electron chi connectivity index (χ2n) is 4.26. The molecule has 0 fully saturated rings. The first-order chi connectivity index (χ1) is 9.17. The Morgan fingerprint density at radius 2 is 1.68 bits per heavy atom. The summed E-state index contributed by atoms with van der Waals surface area (Å²) in [6, 6.07) is 10.1. The first kappa shape index (κ1) is 15.1. The summed E-state index contributed by atoms with van der Waals surface area (Å²) in [6.45, 7) is 11.0. The van der Waals surface area contributed by atoms with Crippen LogP contribution in [0, 0.1) is 0 Å². The molecule has 0 amide bonds. The van der Waals surface area contributed by atoms with Crippen LogP contribution in [-0.4, -0.2) is 13.2 Å². The quantitative estimate of drug-likeness (QED) is 0.406. The molecule has 0 aliphatic rings. The summed E-state index contributed by atoms with van der Waals surface area (Å²) in [5.41, 5.74) is 6.46. The molecule has 19 heavy (non-hydrogen) atoms. The largest absolute Gasteiger partial charge is 0.460 e. The molecule has 0 N–H and O–H groups in total. The number of ether oxygens (including phenoxy) is 2. The normalized spacial score (nSPS) is 9.42. The Morgan fingerprint density at radius 3 is 2.16 bits per heavy atom. The van der Waals surface area contributed by atoms with Gasteiger partial charge in [-0.3, -0.25) is 0 Å². The van der Waals surface area contributed by atoms with Gasteiger partial charge in [-0.1, -0.05) is 42.5 Å². The summed E-state index contributed by atoms with van der Waals surface area (Å²) in [5.74, 6) is 0.449. The Balaban J connectivity index is 3.20. The number of hydrogen-bond acceptors (Lipinski definition) is 2. The zero-order chi connectivity index (χ0) is 14.1. The maximum atomic E-state index is 5.45. The fourth-order valence-corrected chi connectivity index (χ4v) is 1.66. The molecule has 0 spiro atoms. The van der Waals surface area contributed by atoms with Crippen LogP contribution in [0.25, 0.3) is 5.57 Å². The van der Waals surface area contributed by atoms with Crippen molar-refractivity contribution in [2.24, 2.45) is 0 Å². The molecule has 0 saturated heterocycles. The van der Waals surface area contributed by atoms with Gasteiger partial charge in [0.15, 0.2) is 0 Å². The van der Waals surface area contributed by atoms with Crippen molar-refractivity contribution in [2.45, 2.75) is 27.2 Å². The minimum Gasteiger partial charge on any atom is -0.460 e. The Morgan fingerprint density at radius 1 is 1.11 bits per heavy atom. The fraction of sp³-hybridized carbons (Fsp3) is 0.353. The second-order valence-corrected chi connectivity index (χ2v) is 4.26. The third-order valence-electron chi connectivity index (χ3n) is 2.40. The fourth-order valence-electron chi connectivity index (χ4n) is 1.66. The first-order valence-corrected chi connectivity index (χ1v) is 6.62. The average Bonchev–Trinajstić information content (AvgIpc) is 2.39. The zero-order valence-corrected chi connectivity index (χ0v) is 12.0. The molecule has 0 saturated carbocycles. The van der Waals surface area contributed by atoms with Gasteiger partial charge >= 0.3 is 5.95 Å². The molecule has 2 nitrogen and oxygen atoms in total. The van der Waals surface area contributed by atoms with Crippen molar-refractivity contribution in [3.8, 4) is 0 Å². The van der Waals surface area contributed by atoms with Gasteiger partial charge in [-0.2, -0.15) is 0 Å². The van der Waals surface area contributed by atoms with E-state index in [1.54, 1.807) is 0 Å². The van der Waals surface area contributed by atoms with Gasteiger partial charge in [0.25, 0.3) is 0 Å². The average molecular weight is 258 g/mol. The molecule has 1 rings (SSSR count). The molecular formula is C17H22O2. The van der Waals surface area contributed by atoms with Crippen molar-refractivity contribution in [2.75, 3.05) is 13.2 Å². The Hall–Kier alpha value is -1.92. The molecule has 0 aliphatic carbocycles. The van der Waals surface area contributed by atoms with Crippen LogP contribution in [0.2, 0.25) is 0 Å². The lowest BCUT2D eigenvalue weighted by molar-refractivity contribution is 0.0478. The molecule has 0 unspecified atom stereocenters. The number of benzene rings is 1. The molecule has 1 aromatic carbocycles. The molecule has 0 aliphatic heterocycles. The van der Waals surface area contributed by atoms with Crippen LogP contribution in [0.3, 0.4) is 0 Å². The molecule has 0 aromatic heterocycles. The number of rotatable bonds is 7.